The van der Waals surface area contributed by atoms with Crippen molar-refractivity contribution in [1.82, 2.24) is 4.90 Å². The summed E-state index contributed by atoms with van der Waals surface area (Å²) in [5.41, 5.74) is 0. The molecule has 0 aliphatic carbocycles. The number of carbonyl (C=O) groups is 1. The van der Waals surface area contributed by atoms with Crippen LogP contribution in [0.5, 0.6) is 0 Å². The molecule has 1 rings (SSSR count). The maximum Gasteiger partial charge on any atom is 0.120 e. The molecule has 0 spiro atoms. The largest absolute Gasteiger partial charge is 0.306 e. The van der Waals surface area contributed by atoms with Gasteiger partial charge in [0.25, 0.3) is 0 Å². The highest BCUT2D eigenvalue weighted by Crippen LogP contribution is 2.28. The first kappa shape index (κ1) is 9.72. The maximum atomic E-state index is 10.2. The van der Waals surface area contributed by atoms with Crippen molar-refractivity contribution < 1.29 is 4.79 Å². The number of likely N-dealkylation sites (tertiary alicyclic amines) is 1. The molecule has 0 aromatic carbocycles. The van der Waals surface area contributed by atoms with Gasteiger partial charge in [-0.05, 0) is 25.3 Å². The molecule has 1 heterocycles. The van der Waals surface area contributed by atoms with Gasteiger partial charge in [-0.25, -0.2) is 0 Å². The summed E-state index contributed by atoms with van der Waals surface area (Å²) in [7, 11) is 2.17. The molecule has 1 fully saturated rings. The SMILES string of the molecule is CC[C@@H]1CN(C)C[C@@H]1CCC=O. The zero-order chi connectivity index (χ0) is 8.97. The Labute approximate surface area is 74.9 Å². The van der Waals surface area contributed by atoms with Crippen molar-refractivity contribution in [3.05, 3.63) is 0 Å². The molecule has 12 heavy (non-hydrogen) atoms. The lowest BCUT2D eigenvalue weighted by Gasteiger charge is -2.14. The van der Waals surface area contributed by atoms with Crippen LogP contribution in [0.1, 0.15) is 26.2 Å². The Kier molecular flexibility index (Phi) is 3.73. The second-order valence-electron chi connectivity index (χ2n) is 3.89. The average molecular weight is 169 g/mol. The van der Waals surface area contributed by atoms with Gasteiger partial charge >= 0.3 is 0 Å². The van der Waals surface area contributed by atoms with Crippen LogP contribution in [0.25, 0.3) is 0 Å². The zero-order valence-electron chi connectivity index (χ0n) is 8.12. The monoisotopic (exact) mass is 169 g/mol. The summed E-state index contributed by atoms with van der Waals surface area (Å²) in [4.78, 5) is 12.6. The highest BCUT2D eigenvalue weighted by molar-refractivity contribution is 5.49. The predicted octanol–water partition coefficient (Wildman–Crippen LogP) is 1.55. The molecular formula is C10H19NO. The van der Waals surface area contributed by atoms with Gasteiger partial charge in [-0.15, -0.1) is 0 Å². The van der Waals surface area contributed by atoms with Crippen LogP contribution in [0.4, 0.5) is 0 Å². The summed E-state index contributed by atoms with van der Waals surface area (Å²) < 4.78 is 0. The number of nitrogens with zero attached hydrogens (tertiary/aromatic N) is 1. The normalized spacial score (nSPS) is 30.8. The van der Waals surface area contributed by atoms with E-state index in [2.05, 4.69) is 18.9 Å². The summed E-state index contributed by atoms with van der Waals surface area (Å²) in [6.45, 7) is 4.66. The second kappa shape index (κ2) is 4.61. The minimum absolute atomic E-state index is 0.745. The Balaban J connectivity index is 2.35. The van der Waals surface area contributed by atoms with Crippen LogP contribution in [0.15, 0.2) is 0 Å². The first-order valence-corrected chi connectivity index (χ1v) is 4.90. The molecule has 1 aliphatic heterocycles. The van der Waals surface area contributed by atoms with Crippen molar-refractivity contribution in [3.63, 3.8) is 0 Å². The van der Waals surface area contributed by atoms with Crippen molar-refractivity contribution in [2.24, 2.45) is 11.8 Å². The number of hydrogen-bond acceptors (Lipinski definition) is 2. The smallest absolute Gasteiger partial charge is 0.120 e. The van der Waals surface area contributed by atoms with Crippen LogP contribution in [0.2, 0.25) is 0 Å². The number of aldehydes is 1. The van der Waals surface area contributed by atoms with Crippen LogP contribution >= 0.6 is 0 Å². The second-order valence-corrected chi connectivity index (χ2v) is 3.89. The van der Waals surface area contributed by atoms with E-state index >= 15 is 0 Å². The van der Waals surface area contributed by atoms with E-state index in [-0.39, 0.29) is 0 Å². The lowest BCUT2D eigenvalue weighted by atomic mass is 9.90. The van der Waals surface area contributed by atoms with E-state index in [0.717, 1.165) is 31.0 Å². The number of carbonyl (C=O) groups excluding carboxylic acids is 1. The van der Waals surface area contributed by atoms with Gasteiger partial charge in [-0.1, -0.05) is 13.3 Å². The molecule has 0 radical (unpaired) electrons. The molecule has 0 saturated carbocycles. The molecule has 2 heteroatoms. The third-order valence-corrected chi connectivity index (χ3v) is 2.94. The van der Waals surface area contributed by atoms with E-state index in [9.17, 15) is 4.79 Å². The molecule has 0 aromatic heterocycles. The Hall–Kier alpha value is -0.370. The van der Waals surface area contributed by atoms with Crippen LogP contribution in [-0.4, -0.2) is 31.3 Å². The van der Waals surface area contributed by atoms with Crippen LogP contribution in [-0.2, 0) is 4.79 Å². The standard InChI is InChI=1S/C10H19NO/c1-3-9-7-11(2)8-10(9)5-4-6-12/h6,9-10H,3-5,7-8H2,1-2H3/t9-,10+/m1/s1. The predicted molar refractivity (Wildman–Crippen MR) is 50.1 cm³/mol. The van der Waals surface area contributed by atoms with Gasteiger partial charge in [0.15, 0.2) is 0 Å². The lowest BCUT2D eigenvalue weighted by molar-refractivity contribution is -0.108. The van der Waals surface area contributed by atoms with E-state index in [4.69, 9.17) is 0 Å². The third kappa shape index (κ3) is 2.31. The summed E-state index contributed by atoms with van der Waals surface area (Å²) >= 11 is 0. The fraction of sp³-hybridized carbons (Fsp3) is 0.900. The molecule has 2 atom stereocenters. The van der Waals surface area contributed by atoms with Gasteiger partial charge in [-0.2, -0.15) is 0 Å². The lowest BCUT2D eigenvalue weighted by Crippen LogP contribution is -2.13. The van der Waals surface area contributed by atoms with Crippen LogP contribution in [0, 0.1) is 11.8 Å². The van der Waals surface area contributed by atoms with Gasteiger partial charge in [0.05, 0.1) is 0 Å². The molecule has 2 nitrogen and oxygen atoms in total. The van der Waals surface area contributed by atoms with Gasteiger partial charge in [0, 0.05) is 19.5 Å². The summed E-state index contributed by atoms with van der Waals surface area (Å²) in [5.74, 6) is 1.60. The number of hydrogen-bond donors (Lipinski definition) is 0. The van der Waals surface area contributed by atoms with Crippen LogP contribution < -0.4 is 0 Å². The van der Waals surface area contributed by atoms with Crippen molar-refractivity contribution in [2.75, 3.05) is 20.1 Å². The van der Waals surface area contributed by atoms with Crippen molar-refractivity contribution in [1.29, 1.82) is 0 Å². The molecule has 0 N–H and O–H groups in total. The third-order valence-electron chi connectivity index (χ3n) is 2.94. The Morgan fingerprint density at radius 2 is 2.08 bits per heavy atom. The molecule has 0 aromatic rings. The molecule has 0 amide bonds. The maximum absolute atomic E-state index is 10.2. The van der Waals surface area contributed by atoms with Gasteiger partial charge in [0.2, 0.25) is 0 Å². The average Bonchev–Trinajstić information content (AvgIpc) is 2.42. The van der Waals surface area contributed by atoms with Crippen molar-refractivity contribution >= 4 is 6.29 Å². The van der Waals surface area contributed by atoms with E-state index in [1.807, 2.05) is 0 Å². The van der Waals surface area contributed by atoms with Crippen molar-refractivity contribution in [3.8, 4) is 0 Å². The fourth-order valence-electron chi connectivity index (χ4n) is 2.24. The first-order valence-electron chi connectivity index (χ1n) is 4.90. The highest BCUT2D eigenvalue weighted by atomic mass is 16.1. The van der Waals surface area contributed by atoms with E-state index in [1.165, 1.54) is 19.5 Å². The molecule has 0 bridgehead atoms. The fourth-order valence-corrected chi connectivity index (χ4v) is 2.24. The van der Waals surface area contributed by atoms with Crippen LogP contribution in [0.3, 0.4) is 0 Å². The number of rotatable bonds is 4. The molecule has 70 valence electrons. The molecule has 0 unspecified atom stereocenters. The van der Waals surface area contributed by atoms with Gasteiger partial charge in [0.1, 0.15) is 6.29 Å². The summed E-state index contributed by atoms with van der Waals surface area (Å²) in [5, 5.41) is 0. The van der Waals surface area contributed by atoms with Gasteiger partial charge in [-0.3, -0.25) is 0 Å². The summed E-state index contributed by atoms with van der Waals surface area (Å²) in [6.07, 6.45) is 4.14. The molecular weight excluding hydrogens is 150 g/mol. The summed E-state index contributed by atoms with van der Waals surface area (Å²) in [6, 6.07) is 0. The van der Waals surface area contributed by atoms with E-state index in [0.29, 0.717) is 0 Å². The first-order chi connectivity index (χ1) is 5.77. The van der Waals surface area contributed by atoms with Crippen molar-refractivity contribution in [2.45, 2.75) is 26.2 Å². The minimum atomic E-state index is 0.745. The molecule has 1 saturated heterocycles. The Morgan fingerprint density at radius 1 is 1.42 bits per heavy atom. The van der Waals surface area contributed by atoms with E-state index < -0.39 is 0 Å². The topological polar surface area (TPSA) is 20.3 Å². The quantitative estimate of drug-likeness (QED) is 0.595. The Bertz CT molecular complexity index is 147. The zero-order valence-corrected chi connectivity index (χ0v) is 8.12. The molecule has 1 aliphatic rings. The van der Waals surface area contributed by atoms with E-state index in [1.54, 1.807) is 0 Å². The Morgan fingerprint density at radius 3 is 2.67 bits per heavy atom. The minimum Gasteiger partial charge on any atom is -0.306 e. The highest BCUT2D eigenvalue weighted by Gasteiger charge is 2.28. The van der Waals surface area contributed by atoms with Gasteiger partial charge < -0.3 is 9.69 Å².